The van der Waals surface area contributed by atoms with E-state index in [2.05, 4.69) is 11.9 Å². The van der Waals surface area contributed by atoms with Gasteiger partial charge in [0.2, 0.25) is 0 Å². The molecule has 1 aromatic rings. The van der Waals surface area contributed by atoms with Gasteiger partial charge in [-0.25, -0.2) is 9.59 Å². The number of ether oxygens (including phenoxy) is 3. The summed E-state index contributed by atoms with van der Waals surface area (Å²) in [6.45, 7) is 8.10. The highest BCUT2D eigenvalue weighted by molar-refractivity contribution is 6.01. The maximum Gasteiger partial charge on any atom is 0.407 e. The first-order chi connectivity index (χ1) is 12.6. The summed E-state index contributed by atoms with van der Waals surface area (Å²) < 4.78 is 15.1. The van der Waals surface area contributed by atoms with Crippen molar-refractivity contribution in [3.05, 3.63) is 42.0 Å². The number of amides is 1. The van der Waals surface area contributed by atoms with Crippen LogP contribution in [0.2, 0.25) is 0 Å². The third-order valence-electron chi connectivity index (χ3n) is 3.21. The van der Waals surface area contributed by atoms with Crippen molar-refractivity contribution in [1.82, 2.24) is 5.32 Å². The van der Waals surface area contributed by atoms with Crippen molar-refractivity contribution in [3.8, 4) is 5.75 Å². The standard InChI is InChI=1S/C19H25NO7/c1-13(2)17(22)26-10-9-20-18(23)27-12-11-25-15-7-5-14(6-8-15)16(21)19(3,4)24/h5-8,24H,1,9-12H2,2-4H3,(H,20,23). The summed E-state index contributed by atoms with van der Waals surface area (Å²) >= 11 is 0. The normalized spacial score (nSPS) is 10.7. The fourth-order valence-corrected chi connectivity index (χ4v) is 1.82. The summed E-state index contributed by atoms with van der Waals surface area (Å²) in [5.74, 6) is -0.408. The van der Waals surface area contributed by atoms with Crippen LogP contribution in [0.4, 0.5) is 4.79 Å². The van der Waals surface area contributed by atoms with Crippen LogP contribution >= 0.6 is 0 Å². The quantitative estimate of drug-likeness (QED) is 0.276. The molecule has 1 aromatic carbocycles. The maximum atomic E-state index is 11.9. The fourth-order valence-electron chi connectivity index (χ4n) is 1.82. The predicted molar refractivity (Wildman–Crippen MR) is 97.7 cm³/mol. The summed E-state index contributed by atoms with van der Waals surface area (Å²) in [6.07, 6.45) is -0.656. The Balaban J connectivity index is 2.22. The molecule has 0 unspecified atom stereocenters. The second kappa shape index (κ2) is 10.3. The van der Waals surface area contributed by atoms with Gasteiger partial charge in [0.05, 0.1) is 6.54 Å². The van der Waals surface area contributed by atoms with Crippen molar-refractivity contribution in [2.45, 2.75) is 26.4 Å². The second-order valence-electron chi connectivity index (χ2n) is 6.24. The van der Waals surface area contributed by atoms with E-state index < -0.39 is 17.7 Å². The van der Waals surface area contributed by atoms with Gasteiger partial charge in [-0.1, -0.05) is 6.58 Å². The van der Waals surface area contributed by atoms with E-state index in [1.54, 1.807) is 24.3 Å². The molecule has 0 aliphatic heterocycles. The second-order valence-corrected chi connectivity index (χ2v) is 6.24. The zero-order valence-corrected chi connectivity index (χ0v) is 15.7. The first-order valence-corrected chi connectivity index (χ1v) is 8.34. The molecule has 0 bridgehead atoms. The molecular weight excluding hydrogens is 354 g/mol. The number of rotatable bonds is 10. The number of Topliss-reactive ketones (excluding diaryl/α,β-unsaturated/α-hetero) is 1. The molecule has 0 aliphatic rings. The molecule has 0 radical (unpaired) electrons. The fraction of sp³-hybridized carbons (Fsp3) is 0.421. The van der Waals surface area contributed by atoms with Gasteiger partial charge in [0, 0.05) is 11.1 Å². The number of carbonyl (C=O) groups excluding carboxylic acids is 3. The van der Waals surface area contributed by atoms with Crippen molar-refractivity contribution in [1.29, 1.82) is 0 Å². The average molecular weight is 379 g/mol. The molecule has 27 heavy (non-hydrogen) atoms. The highest BCUT2D eigenvalue weighted by Crippen LogP contribution is 2.17. The average Bonchev–Trinajstić information content (AvgIpc) is 2.61. The van der Waals surface area contributed by atoms with E-state index in [4.69, 9.17) is 14.2 Å². The predicted octanol–water partition coefficient (Wildman–Crippen LogP) is 1.86. The monoisotopic (exact) mass is 379 g/mol. The molecule has 2 N–H and O–H groups in total. The van der Waals surface area contributed by atoms with Crippen LogP contribution in [0.3, 0.4) is 0 Å². The highest BCUT2D eigenvalue weighted by Gasteiger charge is 2.24. The van der Waals surface area contributed by atoms with E-state index in [1.807, 2.05) is 0 Å². The lowest BCUT2D eigenvalue weighted by atomic mass is 9.97. The molecule has 8 heteroatoms. The van der Waals surface area contributed by atoms with Crippen LogP contribution in [0.1, 0.15) is 31.1 Å². The van der Waals surface area contributed by atoms with Crippen molar-refractivity contribution < 1.29 is 33.7 Å². The van der Waals surface area contributed by atoms with Crippen molar-refractivity contribution in [3.63, 3.8) is 0 Å². The summed E-state index contributed by atoms with van der Waals surface area (Å²) in [5.41, 5.74) is -0.781. The van der Waals surface area contributed by atoms with Gasteiger partial charge < -0.3 is 24.6 Å². The van der Waals surface area contributed by atoms with Gasteiger partial charge >= 0.3 is 12.1 Å². The van der Waals surface area contributed by atoms with E-state index in [0.717, 1.165) is 0 Å². The Labute approximate surface area is 158 Å². The van der Waals surface area contributed by atoms with Gasteiger partial charge in [-0.15, -0.1) is 0 Å². The Morgan fingerprint density at radius 1 is 1.07 bits per heavy atom. The lowest BCUT2D eigenvalue weighted by Crippen LogP contribution is -2.31. The van der Waals surface area contributed by atoms with Crippen LogP contribution < -0.4 is 10.1 Å². The van der Waals surface area contributed by atoms with Gasteiger partial charge in [0.15, 0.2) is 5.78 Å². The summed E-state index contributed by atoms with van der Waals surface area (Å²) in [5, 5.41) is 12.1. The van der Waals surface area contributed by atoms with Gasteiger partial charge in [-0.2, -0.15) is 0 Å². The van der Waals surface area contributed by atoms with Crippen molar-refractivity contribution >= 4 is 17.8 Å². The third-order valence-corrected chi connectivity index (χ3v) is 3.21. The van der Waals surface area contributed by atoms with Crippen LogP contribution in [0, 0.1) is 0 Å². The van der Waals surface area contributed by atoms with E-state index in [0.29, 0.717) is 11.3 Å². The first-order valence-electron chi connectivity index (χ1n) is 8.34. The Bertz CT molecular complexity index is 674. The number of hydrogen-bond acceptors (Lipinski definition) is 7. The molecule has 148 valence electrons. The Kier molecular flexibility index (Phi) is 8.47. The minimum atomic E-state index is -1.44. The van der Waals surface area contributed by atoms with Crippen LogP contribution in [0.15, 0.2) is 36.4 Å². The highest BCUT2D eigenvalue weighted by atomic mass is 16.6. The number of aliphatic hydroxyl groups is 1. The number of benzene rings is 1. The Morgan fingerprint density at radius 2 is 1.70 bits per heavy atom. The van der Waals surface area contributed by atoms with Crippen LogP contribution in [0.5, 0.6) is 5.75 Å². The number of ketones is 1. The largest absolute Gasteiger partial charge is 0.490 e. The molecule has 0 aromatic heterocycles. The van der Waals surface area contributed by atoms with Gasteiger partial charge in [-0.3, -0.25) is 4.79 Å². The molecule has 0 saturated heterocycles. The summed E-state index contributed by atoms with van der Waals surface area (Å²) in [4.78, 5) is 34.5. The minimum Gasteiger partial charge on any atom is -0.490 e. The first kappa shape index (κ1) is 22.2. The zero-order chi connectivity index (χ0) is 20.4. The molecule has 0 spiro atoms. The van der Waals surface area contributed by atoms with E-state index in [9.17, 15) is 19.5 Å². The molecule has 1 rings (SSSR count). The van der Waals surface area contributed by atoms with Crippen LogP contribution in [-0.4, -0.2) is 54.9 Å². The SMILES string of the molecule is C=C(C)C(=O)OCCNC(=O)OCCOc1ccc(C(=O)C(C)(C)O)cc1. The number of nitrogens with one attached hydrogen (secondary N) is 1. The van der Waals surface area contributed by atoms with E-state index >= 15 is 0 Å². The summed E-state index contributed by atoms with van der Waals surface area (Å²) in [7, 11) is 0. The van der Waals surface area contributed by atoms with E-state index in [-0.39, 0.29) is 37.7 Å². The topological polar surface area (TPSA) is 111 Å². The Hall–Kier alpha value is -2.87. The molecule has 0 fully saturated rings. The molecule has 0 atom stereocenters. The van der Waals surface area contributed by atoms with Gasteiger partial charge in [0.1, 0.15) is 31.2 Å². The van der Waals surface area contributed by atoms with Gasteiger partial charge in [-0.05, 0) is 45.0 Å². The van der Waals surface area contributed by atoms with Crippen molar-refractivity contribution in [2.24, 2.45) is 0 Å². The molecule has 1 amide bonds. The molecule has 0 saturated carbocycles. The maximum absolute atomic E-state index is 11.9. The van der Waals surface area contributed by atoms with Crippen LogP contribution in [0.25, 0.3) is 0 Å². The van der Waals surface area contributed by atoms with Crippen LogP contribution in [-0.2, 0) is 14.3 Å². The summed E-state index contributed by atoms with van der Waals surface area (Å²) in [6, 6.07) is 6.29. The Morgan fingerprint density at radius 3 is 2.26 bits per heavy atom. The lowest BCUT2D eigenvalue weighted by molar-refractivity contribution is -0.138. The molecule has 0 aliphatic carbocycles. The smallest absolute Gasteiger partial charge is 0.407 e. The lowest BCUT2D eigenvalue weighted by Gasteiger charge is -2.15. The zero-order valence-electron chi connectivity index (χ0n) is 15.7. The van der Waals surface area contributed by atoms with E-state index in [1.165, 1.54) is 20.8 Å². The number of hydrogen-bond donors (Lipinski definition) is 2. The number of alkyl carbamates (subject to hydrolysis) is 1. The third kappa shape index (κ3) is 8.37. The molecule has 8 nitrogen and oxygen atoms in total. The minimum absolute atomic E-state index is 0.0156. The van der Waals surface area contributed by atoms with Gasteiger partial charge in [0.25, 0.3) is 0 Å². The number of esters is 1. The number of carbonyl (C=O) groups is 3. The van der Waals surface area contributed by atoms with Crippen molar-refractivity contribution in [2.75, 3.05) is 26.4 Å². The molecular formula is C19H25NO7. The molecule has 0 heterocycles.